The Morgan fingerprint density at radius 2 is 1.86 bits per heavy atom. The molecule has 1 unspecified atom stereocenters. The highest BCUT2D eigenvalue weighted by molar-refractivity contribution is 5.34. The van der Waals surface area contributed by atoms with Crippen LogP contribution in [0.2, 0.25) is 0 Å². The quantitative estimate of drug-likeness (QED) is 0.714. The molecule has 1 aliphatic rings. The average molecular weight is 193 g/mol. The van der Waals surface area contributed by atoms with E-state index in [4.69, 9.17) is 5.73 Å². The molecule has 0 aromatic carbocycles. The van der Waals surface area contributed by atoms with Crippen LogP contribution < -0.4 is 5.73 Å². The van der Waals surface area contributed by atoms with E-state index in [1.165, 1.54) is 5.57 Å². The number of hydrogen-bond acceptors (Lipinski definition) is 1. The van der Waals surface area contributed by atoms with E-state index in [0.717, 1.165) is 12.1 Å². The van der Waals surface area contributed by atoms with Crippen molar-refractivity contribution >= 4 is 0 Å². The molecule has 0 amide bonds. The Labute approximate surface area is 88.1 Å². The lowest BCUT2D eigenvalue weighted by atomic mass is 9.69. The van der Waals surface area contributed by atoms with Gasteiger partial charge in [-0.2, -0.15) is 0 Å². The summed E-state index contributed by atoms with van der Waals surface area (Å²) in [6.07, 6.45) is 5.54. The first-order chi connectivity index (χ1) is 6.39. The molecule has 2 N–H and O–H groups in total. The molecule has 0 fully saturated rings. The third kappa shape index (κ3) is 1.73. The van der Waals surface area contributed by atoms with Gasteiger partial charge in [0.1, 0.15) is 0 Å². The van der Waals surface area contributed by atoms with Crippen LogP contribution in [-0.4, -0.2) is 0 Å². The van der Waals surface area contributed by atoms with Gasteiger partial charge in [-0.15, -0.1) is 0 Å². The fourth-order valence-electron chi connectivity index (χ4n) is 2.01. The lowest BCUT2D eigenvalue weighted by Gasteiger charge is -2.38. The molecule has 1 atom stereocenters. The zero-order chi connectivity index (χ0) is 10.9. The molecular weight excluding hydrogens is 170 g/mol. The minimum atomic E-state index is 0.161. The van der Waals surface area contributed by atoms with Crippen LogP contribution >= 0.6 is 0 Å². The molecule has 14 heavy (non-hydrogen) atoms. The van der Waals surface area contributed by atoms with Crippen molar-refractivity contribution in [3.05, 3.63) is 23.4 Å². The van der Waals surface area contributed by atoms with Crippen LogP contribution in [0.3, 0.4) is 0 Å². The van der Waals surface area contributed by atoms with Gasteiger partial charge in [0.2, 0.25) is 0 Å². The largest absolute Gasteiger partial charge is 0.401 e. The summed E-state index contributed by atoms with van der Waals surface area (Å²) in [5.74, 6) is 1.13. The Hall–Kier alpha value is -0.720. The summed E-state index contributed by atoms with van der Waals surface area (Å²) >= 11 is 0. The number of nitrogens with two attached hydrogens (primary N) is 1. The summed E-state index contributed by atoms with van der Waals surface area (Å²) in [5, 5.41) is 0. The van der Waals surface area contributed by atoms with Crippen LogP contribution in [0, 0.1) is 17.3 Å². The van der Waals surface area contributed by atoms with E-state index in [-0.39, 0.29) is 5.41 Å². The molecular formula is C13H23N. The van der Waals surface area contributed by atoms with Crippen molar-refractivity contribution in [3.63, 3.8) is 0 Å². The van der Waals surface area contributed by atoms with E-state index in [9.17, 15) is 0 Å². The highest BCUT2D eigenvalue weighted by Crippen LogP contribution is 2.42. The minimum Gasteiger partial charge on any atom is -0.401 e. The summed E-state index contributed by atoms with van der Waals surface area (Å²) in [6.45, 7) is 11.2. The molecule has 0 aromatic heterocycles. The number of rotatable bonds is 2. The average Bonchev–Trinajstić information content (AvgIpc) is 2.09. The van der Waals surface area contributed by atoms with E-state index in [0.29, 0.717) is 11.8 Å². The van der Waals surface area contributed by atoms with Gasteiger partial charge in [0.15, 0.2) is 0 Å². The number of allylic oxidation sites excluding steroid dienone is 4. The van der Waals surface area contributed by atoms with E-state index >= 15 is 0 Å². The topological polar surface area (TPSA) is 26.0 Å². The van der Waals surface area contributed by atoms with Crippen LogP contribution in [0.5, 0.6) is 0 Å². The maximum Gasteiger partial charge on any atom is 0.0181 e. The van der Waals surface area contributed by atoms with Gasteiger partial charge in [-0.25, -0.2) is 0 Å². The summed E-state index contributed by atoms with van der Waals surface area (Å²) < 4.78 is 0. The van der Waals surface area contributed by atoms with Crippen molar-refractivity contribution in [2.24, 2.45) is 23.0 Å². The summed E-state index contributed by atoms with van der Waals surface area (Å²) in [5.41, 5.74) is 8.88. The highest BCUT2D eigenvalue weighted by atomic mass is 14.7. The minimum absolute atomic E-state index is 0.161. The normalized spacial score (nSPS) is 27.9. The molecule has 80 valence electrons. The fraction of sp³-hybridized carbons (Fsp3) is 0.692. The first-order valence-electron chi connectivity index (χ1n) is 5.56. The van der Waals surface area contributed by atoms with Crippen LogP contribution in [0.25, 0.3) is 0 Å². The van der Waals surface area contributed by atoms with E-state index in [2.05, 4.69) is 46.8 Å². The van der Waals surface area contributed by atoms with Crippen molar-refractivity contribution < 1.29 is 0 Å². The molecule has 0 radical (unpaired) electrons. The van der Waals surface area contributed by atoms with Crippen molar-refractivity contribution in [2.75, 3.05) is 0 Å². The first-order valence-corrected chi connectivity index (χ1v) is 5.56. The van der Waals surface area contributed by atoms with Crippen LogP contribution in [0.1, 0.15) is 41.0 Å². The maximum atomic E-state index is 6.29. The predicted molar refractivity (Wildman–Crippen MR) is 62.8 cm³/mol. The molecule has 0 aliphatic heterocycles. The second kappa shape index (κ2) is 3.80. The Balaban J connectivity index is 3.11. The van der Waals surface area contributed by atoms with Crippen LogP contribution in [-0.2, 0) is 0 Å². The summed E-state index contributed by atoms with van der Waals surface area (Å²) in [4.78, 5) is 0. The molecule has 1 aliphatic carbocycles. The van der Waals surface area contributed by atoms with Gasteiger partial charge in [-0.3, -0.25) is 0 Å². The van der Waals surface area contributed by atoms with Crippen LogP contribution in [0.4, 0.5) is 0 Å². The first kappa shape index (κ1) is 11.4. The lowest BCUT2D eigenvalue weighted by molar-refractivity contribution is 0.269. The molecule has 0 saturated carbocycles. The molecule has 0 spiro atoms. The van der Waals surface area contributed by atoms with Gasteiger partial charge < -0.3 is 5.73 Å². The van der Waals surface area contributed by atoms with Crippen molar-refractivity contribution in [1.29, 1.82) is 0 Å². The van der Waals surface area contributed by atoms with E-state index < -0.39 is 0 Å². The second-order valence-corrected chi connectivity index (χ2v) is 5.20. The highest BCUT2D eigenvalue weighted by Gasteiger charge is 2.33. The van der Waals surface area contributed by atoms with E-state index in [1.807, 2.05) is 0 Å². The molecule has 1 heteroatoms. The summed E-state index contributed by atoms with van der Waals surface area (Å²) in [6, 6.07) is 0. The van der Waals surface area contributed by atoms with Gasteiger partial charge >= 0.3 is 0 Å². The van der Waals surface area contributed by atoms with Gasteiger partial charge in [-0.05, 0) is 23.8 Å². The lowest BCUT2D eigenvalue weighted by Crippen LogP contribution is -2.33. The van der Waals surface area contributed by atoms with Crippen molar-refractivity contribution in [3.8, 4) is 0 Å². The molecule has 1 nitrogen and oxygen atoms in total. The van der Waals surface area contributed by atoms with Gasteiger partial charge in [0.25, 0.3) is 0 Å². The third-order valence-electron chi connectivity index (χ3n) is 3.66. The summed E-state index contributed by atoms with van der Waals surface area (Å²) in [7, 11) is 0. The SMILES string of the molecule is CC(C)C1=C(N)C(C)(C(C)C)CC=C1. The fourth-order valence-corrected chi connectivity index (χ4v) is 2.01. The Morgan fingerprint density at radius 1 is 1.29 bits per heavy atom. The van der Waals surface area contributed by atoms with Crippen molar-refractivity contribution in [2.45, 2.75) is 41.0 Å². The standard InChI is InChI=1S/C13H23N/c1-9(2)11-7-6-8-13(5,10(3)4)12(11)14/h6-7,9-10H,8,14H2,1-5H3. The van der Waals surface area contributed by atoms with Crippen molar-refractivity contribution in [1.82, 2.24) is 0 Å². The maximum absolute atomic E-state index is 6.29. The zero-order valence-electron chi connectivity index (χ0n) is 10.1. The third-order valence-corrected chi connectivity index (χ3v) is 3.66. The van der Waals surface area contributed by atoms with Crippen LogP contribution in [0.15, 0.2) is 23.4 Å². The van der Waals surface area contributed by atoms with Gasteiger partial charge in [0.05, 0.1) is 0 Å². The molecule has 1 rings (SSSR count). The second-order valence-electron chi connectivity index (χ2n) is 5.20. The Morgan fingerprint density at radius 3 is 2.29 bits per heavy atom. The monoisotopic (exact) mass is 193 g/mol. The molecule has 0 aromatic rings. The van der Waals surface area contributed by atoms with Gasteiger partial charge in [0, 0.05) is 11.1 Å². The molecule has 0 bridgehead atoms. The Kier molecular flexibility index (Phi) is 3.08. The number of hydrogen-bond donors (Lipinski definition) is 1. The van der Waals surface area contributed by atoms with Gasteiger partial charge in [-0.1, -0.05) is 46.8 Å². The molecule has 0 heterocycles. The predicted octanol–water partition coefficient (Wildman–Crippen LogP) is 3.48. The Bertz CT molecular complexity index is 271. The van der Waals surface area contributed by atoms with E-state index in [1.54, 1.807) is 0 Å². The zero-order valence-corrected chi connectivity index (χ0v) is 10.1. The smallest absolute Gasteiger partial charge is 0.0181 e. The molecule has 0 saturated heterocycles.